The van der Waals surface area contributed by atoms with Gasteiger partial charge in [0.1, 0.15) is 10.8 Å². The van der Waals surface area contributed by atoms with Crippen molar-refractivity contribution in [3.8, 4) is 0 Å². The highest BCUT2D eigenvalue weighted by molar-refractivity contribution is 6.10. The second-order valence-electron chi connectivity index (χ2n) is 11.5. The zero-order valence-electron chi connectivity index (χ0n) is 24.1. The first-order valence-corrected chi connectivity index (χ1v) is 14.3. The molecular formula is C31H48N4O4. The first kappa shape index (κ1) is 32.4. The van der Waals surface area contributed by atoms with E-state index in [9.17, 15) is 19.2 Å². The lowest BCUT2D eigenvalue weighted by molar-refractivity contribution is -0.140. The fourth-order valence-electron chi connectivity index (χ4n) is 5.33. The summed E-state index contributed by atoms with van der Waals surface area (Å²) in [7, 11) is 0. The second kappa shape index (κ2) is 15.1. The van der Waals surface area contributed by atoms with Crippen molar-refractivity contribution in [1.82, 2.24) is 10.6 Å². The summed E-state index contributed by atoms with van der Waals surface area (Å²) in [6.45, 7) is 9.26. The molecule has 8 heteroatoms. The van der Waals surface area contributed by atoms with Crippen LogP contribution in [0.15, 0.2) is 48.6 Å². The lowest BCUT2D eigenvalue weighted by atomic mass is 9.72. The van der Waals surface area contributed by atoms with Gasteiger partial charge < -0.3 is 22.1 Å². The number of carbonyl (C=O) groups is 4. The van der Waals surface area contributed by atoms with E-state index < -0.39 is 34.7 Å². The van der Waals surface area contributed by atoms with E-state index in [-0.39, 0.29) is 23.4 Å². The number of nitrogens with two attached hydrogens (primary N) is 2. The molecule has 0 radical (unpaired) electrons. The Hall–Kier alpha value is -2.84. The lowest BCUT2D eigenvalue weighted by Crippen LogP contribution is -2.53. The SMILES string of the molecule is CC(C)C(NCCCCCCCNC(C(=O)C1(C(N)=O)C=CC=CC1)C(C)C)C(=O)C1(C(N)=O)C=CC=CC1. The van der Waals surface area contributed by atoms with Crippen LogP contribution in [-0.4, -0.2) is 48.6 Å². The predicted molar refractivity (Wildman–Crippen MR) is 155 cm³/mol. The lowest BCUT2D eigenvalue weighted by Gasteiger charge is -2.32. The number of hydrogen-bond donors (Lipinski definition) is 4. The fraction of sp³-hybridized carbons (Fsp3) is 0.613. The number of nitrogens with one attached hydrogen (secondary N) is 2. The number of carbonyl (C=O) groups excluding carboxylic acids is 4. The van der Waals surface area contributed by atoms with Crippen molar-refractivity contribution < 1.29 is 19.2 Å². The molecule has 0 saturated carbocycles. The van der Waals surface area contributed by atoms with Crippen molar-refractivity contribution in [2.45, 2.75) is 84.7 Å². The van der Waals surface area contributed by atoms with Crippen molar-refractivity contribution in [2.24, 2.45) is 34.1 Å². The summed E-state index contributed by atoms with van der Waals surface area (Å²) in [5, 5.41) is 6.74. The summed E-state index contributed by atoms with van der Waals surface area (Å²) in [4.78, 5) is 51.1. The molecule has 2 amide bonds. The molecule has 0 bridgehead atoms. The summed E-state index contributed by atoms with van der Waals surface area (Å²) in [5.74, 6) is -1.47. The van der Waals surface area contributed by atoms with Crippen molar-refractivity contribution in [3.05, 3.63) is 48.6 Å². The average Bonchev–Trinajstić information content (AvgIpc) is 2.91. The van der Waals surface area contributed by atoms with Gasteiger partial charge in [-0.25, -0.2) is 0 Å². The van der Waals surface area contributed by atoms with E-state index in [1.165, 1.54) is 0 Å². The molecular weight excluding hydrogens is 492 g/mol. The number of Topliss-reactive ketones (excluding diaryl/α,β-unsaturated/α-hetero) is 2. The van der Waals surface area contributed by atoms with Crippen LogP contribution < -0.4 is 22.1 Å². The van der Waals surface area contributed by atoms with Gasteiger partial charge in [0.2, 0.25) is 11.8 Å². The van der Waals surface area contributed by atoms with Gasteiger partial charge in [-0.15, -0.1) is 0 Å². The van der Waals surface area contributed by atoms with E-state index >= 15 is 0 Å². The van der Waals surface area contributed by atoms with Crippen LogP contribution in [-0.2, 0) is 19.2 Å². The molecule has 0 aliphatic heterocycles. The summed E-state index contributed by atoms with van der Waals surface area (Å²) >= 11 is 0. The van der Waals surface area contributed by atoms with Crippen molar-refractivity contribution in [1.29, 1.82) is 0 Å². The molecule has 39 heavy (non-hydrogen) atoms. The standard InChI is InChI=1S/C31H48N4O4/c1-22(2)24(26(36)30(28(32)38)16-10-8-11-17-30)34-20-14-6-5-7-15-21-35-25(23(3)4)27(37)31(29(33)39)18-12-9-13-19-31/h8-13,16,18,22-25,34-35H,5-7,14-15,17,19-21H2,1-4H3,(H2,32,38)(H2,33,39). The first-order valence-electron chi connectivity index (χ1n) is 14.3. The van der Waals surface area contributed by atoms with E-state index in [2.05, 4.69) is 10.6 Å². The molecule has 216 valence electrons. The minimum atomic E-state index is -1.28. The van der Waals surface area contributed by atoms with Crippen LogP contribution in [0.3, 0.4) is 0 Å². The molecule has 6 N–H and O–H groups in total. The van der Waals surface area contributed by atoms with Crippen LogP contribution in [0.25, 0.3) is 0 Å². The van der Waals surface area contributed by atoms with Crippen LogP contribution in [0, 0.1) is 22.7 Å². The third-order valence-electron chi connectivity index (χ3n) is 7.87. The topological polar surface area (TPSA) is 144 Å². The highest BCUT2D eigenvalue weighted by Gasteiger charge is 2.46. The minimum Gasteiger partial charge on any atom is -0.369 e. The van der Waals surface area contributed by atoms with E-state index in [0.29, 0.717) is 25.9 Å². The van der Waals surface area contributed by atoms with Crippen LogP contribution in [0.2, 0.25) is 0 Å². The number of ketones is 2. The van der Waals surface area contributed by atoms with E-state index in [4.69, 9.17) is 11.5 Å². The Morgan fingerprint density at radius 1 is 0.641 bits per heavy atom. The summed E-state index contributed by atoms with van der Waals surface area (Å²) in [6.07, 6.45) is 19.5. The summed E-state index contributed by atoms with van der Waals surface area (Å²) < 4.78 is 0. The van der Waals surface area contributed by atoms with Gasteiger partial charge in [-0.3, -0.25) is 19.2 Å². The molecule has 2 rings (SSSR count). The highest BCUT2D eigenvalue weighted by Crippen LogP contribution is 2.32. The summed E-state index contributed by atoms with van der Waals surface area (Å²) in [6, 6.07) is -0.886. The van der Waals surface area contributed by atoms with Crippen LogP contribution in [0.1, 0.15) is 72.6 Å². The van der Waals surface area contributed by atoms with Gasteiger partial charge in [0.25, 0.3) is 0 Å². The van der Waals surface area contributed by atoms with Crippen molar-refractivity contribution >= 4 is 23.4 Å². The van der Waals surface area contributed by atoms with Gasteiger partial charge in [0, 0.05) is 0 Å². The Morgan fingerprint density at radius 2 is 1.00 bits per heavy atom. The second-order valence-corrected chi connectivity index (χ2v) is 11.5. The molecule has 0 fully saturated rings. The minimum absolute atomic E-state index is 0.0320. The fourth-order valence-corrected chi connectivity index (χ4v) is 5.33. The maximum absolute atomic E-state index is 13.3. The zero-order valence-corrected chi connectivity index (χ0v) is 24.1. The Morgan fingerprint density at radius 3 is 1.28 bits per heavy atom. The third kappa shape index (κ3) is 8.08. The summed E-state index contributed by atoms with van der Waals surface area (Å²) in [5.41, 5.74) is 8.77. The molecule has 2 aliphatic rings. The Labute approximate surface area is 233 Å². The van der Waals surface area contributed by atoms with Crippen LogP contribution in [0.5, 0.6) is 0 Å². The normalized spacial score (nSPS) is 23.7. The van der Waals surface area contributed by atoms with Gasteiger partial charge >= 0.3 is 0 Å². The molecule has 0 aromatic heterocycles. The average molecular weight is 541 g/mol. The van der Waals surface area contributed by atoms with E-state index in [1.807, 2.05) is 52.0 Å². The number of unbranched alkanes of at least 4 members (excludes halogenated alkanes) is 4. The number of amides is 2. The molecule has 0 spiro atoms. The monoisotopic (exact) mass is 540 g/mol. The van der Waals surface area contributed by atoms with Crippen molar-refractivity contribution in [3.63, 3.8) is 0 Å². The zero-order chi connectivity index (χ0) is 29.1. The first-order chi connectivity index (χ1) is 18.5. The van der Waals surface area contributed by atoms with Crippen LogP contribution >= 0.6 is 0 Å². The molecule has 0 saturated heterocycles. The molecule has 4 unspecified atom stereocenters. The van der Waals surface area contributed by atoms with Gasteiger partial charge in [0.05, 0.1) is 12.1 Å². The molecule has 0 heterocycles. The Balaban J connectivity index is 1.75. The van der Waals surface area contributed by atoms with E-state index in [1.54, 1.807) is 24.3 Å². The maximum atomic E-state index is 13.3. The van der Waals surface area contributed by atoms with Gasteiger partial charge in [-0.2, -0.15) is 0 Å². The quantitative estimate of drug-likeness (QED) is 0.155. The number of hydrogen-bond acceptors (Lipinski definition) is 6. The molecule has 4 atom stereocenters. The van der Waals surface area contributed by atoms with Gasteiger partial charge in [-0.05, 0) is 50.6 Å². The highest BCUT2D eigenvalue weighted by atomic mass is 16.2. The number of rotatable bonds is 18. The van der Waals surface area contributed by atoms with Crippen LogP contribution in [0.4, 0.5) is 0 Å². The smallest absolute Gasteiger partial charge is 0.235 e. The molecule has 0 aromatic rings. The molecule has 0 aromatic carbocycles. The van der Waals surface area contributed by atoms with Crippen molar-refractivity contribution in [2.75, 3.05) is 13.1 Å². The maximum Gasteiger partial charge on any atom is 0.235 e. The Kier molecular flexibility index (Phi) is 12.5. The van der Waals surface area contributed by atoms with Gasteiger partial charge in [0.15, 0.2) is 11.6 Å². The number of allylic oxidation sites excluding steroid dienone is 6. The predicted octanol–water partition coefficient (Wildman–Crippen LogP) is 3.28. The molecule has 2 aliphatic carbocycles. The largest absolute Gasteiger partial charge is 0.369 e. The third-order valence-corrected chi connectivity index (χ3v) is 7.87. The Bertz CT molecular complexity index is 919. The van der Waals surface area contributed by atoms with E-state index in [0.717, 1.165) is 32.1 Å². The number of primary amides is 2. The van der Waals surface area contributed by atoms with Gasteiger partial charge in [-0.1, -0.05) is 95.6 Å². The molecule has 8 nitrogen and oxygen atoms in total.